The second kappa shape index (κ2) is 10.1. The van der Waals surface area contributed by atoms with Crippen LogP contribution in [0.5, 0.6) is 0 Å². The van der Waals surface area contributed by atoms with Crippen LogP contribution in [0.15, 0.2) is 41.7 Å². The maximum absolute atomic E-state index is 14.8. The largest absolute Gasteiger partial charge is 0.398 e. The van der Waals surface area contributed by atoms with Gasteiger partial charge in [-0.1, -0.05) is 19.9 Å². The van der Waals surface area contributed by atoms with Crippen LogP contribution in [0, 0.1) is 18.7 Å². The first-order valence-corrected chi connectivity index (χ1v) is 11.5. The summed E-state index contributed by atoms with van der Waals surface area (Å²) in [6.45, 7) is 9.96. The molecule has 4 N–H and O–H groups in total. The Kier molecular flexibility index (Phi) is 7.02. The lowest BCUT2D eigenvalue weighted by Crippen LogP contribution is -2.43. The highest BCUT2D eigenvalue weighted by Gasteiger charge is 2.17. The number of aliphatic imine (C=N–C) groups is 1. The molecule has 0 radical (unpaired) electrons. The highest BCUT2D eigenvalue weighted by Crippen LogP contribution is 2.28. The van der Waals surface area contributed by atoms with E-state index in [1.165, 1.54) is 6.20 Å². The van der Waals surface area contributed by atoms with Gasteiger partial charge in [0, 0.05) is 55.8 Å². The zero-order chi connectivity index (χ0) is 24.2. The van der Waals surface area contributed by atoms with E-state index >= 15 is 0 Å². The number of nitrogens with two attached hydrogens (primary N) is 1. The Hall–Kier alpha value is -3.59. The Balaban J connectivity index is 1.62. The Morgan fingerprint density at radius 2 is 1.94 bits per heavy atom. The third-order valence-corrected chi connectivity index (χ3v) is 5.92. The summed E-state index contributed by atoms with van der Waals surface area (Å²) in [6.07, 6.45) is 3.02. The van der Waals surface area contributed by atoms with E-state index in [9.17, 15) is 4.39 Å². The van der Waals surface area contributed by atoms with Gasteiger partial charge in [-0.25, -0.2) is 19.3 Å². The molecule has 1 aromatic carbocycles. The fraction of sp³-hybridized carbons (Fsp3) is 0.360. The van der Waals surface area contributed by atoms with Crippen LogP contribution in [-0.2, 0) is 0 Å². The number of aromatic nitrogens is 3. The molecule has 178 valence electrons. The number of benzene rings is 1. The van der Waals surface area contributed by atoms with Crippen molar-refractivity contribution in [3.63, 3.8) is 0 Å². The molecule has 34 heavy (non-hydrogen) atoms. The van der Waals surface area contributed by atoms with Crippen LogP contribution in [-0.4, -0.2) is 53.9 Å². The van der Waals surface area contributed by atoms with E-state index in [-0.39, 0.29) is 17.6 Å². The SMILES string of the molecule is CN=C(c1cc(-c2nc(Nc3cc(C)c(N4CCNCC4)cn3)ncc2F)ccc1N)C(C)C. The molecule has 0 atom stereocenters. The number of hydrogen-bond acceptors (Lipinski definition) is 8. The molecular formula is C25H31FN8. The molecule has 4 rings (SSSR count). The third kappa shape index (κ3) is 4.99. The topological polar surface area (TPSA) is 104 Å². The molecule has 0 aliphatic carbocycles. The quantitative estimate of drug-likeness (QED) is 0.378. The van der Waals surface area contributed by atoms with Gasteiger partial charge >= 0.3 is 0 Å². The molecule has 2 aromatic heterocycles. The first kappa shape index (κ1) is 23.6. The van der Waals surface area contributed by atoms with E-state index < -0.39 is 5.82 Å². The number of nitrogens with one attached hydrogen (secondary N) is 2. The first-order valence-electron chi connectivity index (χ1n) is 11.5. The van der Waals surface area contributed by atoms with Gasteiger partial charge in [0.25, 0.3) is 0 Å². The highest BCUT2D eigenvalue weighted by atomic mass is 19.1. The number of nitrogen functional groups attached to an aromatic ring is 1. The van der Waals surface area contributed by atoms with Crippen LogP contribution in [0.2, 0.25) is 0 Å². The summed E-state index contributed by atoms with van der Waals surface area (Å²) in [4.78, 5) is 19.8. The molecule has 1 aliphatic rings. The molecular weight excluding hydrogens is 431 g/mol. The monoisotopic (exact) mass is 462 g/mol. The summed E-state index contributed by atoms with van der Waals surface area (Å²) in [7, 11) is 1.73. The van der Waals surface area contributed by atoms with Crippen molar-refractivity contribution in [2.24, 2.45) is 10.9 Å². The number of piperazine rings is 1. The highest BCUT2D eigenvalue weighted by molar-refractivity contribution is 6.06. The van der Waals surface area contributed by atoms with E-state index in [1.54, 1.807) is 19.2 Å². The third-order valence-electron chi connectivity index (χ3n) is 5.92. The molecule has 9 heteroatoms. The summed E-state index contributed by atoms with van der Waals surface area (Å²) in [5.41, 5.74) is 11.4. The van der Waals surface area contributed by atoms with Gasteiger partial charge in [0.1, 0.15) is 11.5 Å². The average Bonchev–Trinajstić information content (AvgIpc) is 2.82. The molecule has 0 bridgehead atoms. The molecule has 0 spiro atoms. The number of rotatable bonds is 6. The number of anilines is 4. The predicted molar refractivity (Wildman–Crippen MR) is 136 cm³/mol. The average molecular weight is 463 g/mol. The minimum atomic E-state index is -0.515. The molecule has 1 saturated heterocycles. The van der Waals surface area contributed by atoms with Crippen LogP contribution < -0.4 is 21.3 Å². The summed E-state index contributed by atoms with van der Waals surface area (Å²) in [5, 5.41) is 6.47. The normalized spacial score (nSPS) is 14.5. The van der Waals surface area contributed by atoms with Crippen molar-refractivity contribution in [1.29, 1.82) is 0 Å². The van der Waals surface area contributed by atoms with Gasteiger partial charge in [0.15, 0.2) is 5.82 Å². The Labute approximate surface area is 199 Å². The summed E-state index contributed by atoms with van der Waals surface area (Å²) >= 11 is 0. The van der Waals surface area contributed by atoms with Crippen molar-refractivity contribution < 1.29 is 4.39 Å². The second-order valence-electron chi connectivity index (χ2n) is 8.67. The van der Waals surface area contributed by atoms with E-state index in [2.05, 4.69) is 42.4 Å². The molecule has 3 aromatic rings. The van der Waals surface area contributed by atoms with Crippen molar-refractivity contribution in [2.75, 3.05) is 49.2 Å². The maximum atomic E-state index is 14.8. The minimum Gasteiger partial charge on any atom is -0.398 e. The number of pyridine rings is 1. The van der Waals surface area contributed by atoms with Crippen molar-refractivity contribution in [3.05, 3.63) is 53.6 Å². The van der Waals surface area contributed by atoms with Gasteiger partial charge in [0.2, 0.25) is 5.95 Å². The van der Waals surface area contributed by atoms with Gasteiger partial charge < -0.3 is 21.3 Å². The van der Waals surface area contributed by atoms with Crippen LogP contribution in [0.3, 0.4) is 0 Å². The Bertz CT molecular complexity index is 1200. The van der Waals surface area contributed by atoms with Crippen LogP contribution in [0.4, 0.5) is 27.5 Å². The smallest absolute Gasteiger partial charge is 0.229 e. The van der Waals surface area contributed by atoms with Gasteiger partial charge in [-0.05, 0) is 36.6 Å². The fourth-order valence-electron chi connectivity index (χ4n) is 4.21. The summed E-state index contributed by atoms with van der Waals surface area (Å²) < 4.78 is 14.8. The van der Waals surface area contributed by atoms with E-state index in [1.807, 2.05) is 32.2 Å². The molecule has 3 heterocycles. The number of halogens is 1. The first-order chi connectivity index (χ1) is 16.4. The van der Waals surface area contributed by atoms with Gasteiger partial charge in [-0.15, -0.1) is 0 Å². The zero-order valence-electron chi connectivity index (χ0n) is 20.1. The molecule has 0 amide bonds. The van der Waals surface area contributed by atoms with Gasteiger partial charge in [-0.3, -0.25) is 4.99 Å². The van der Waals surface area contributed by atoms with Gasteiger partial charge in [-0.2, -0.15) is 0 Å². The van der Waals surface area contributed by atoms with Crippen LogP contribution >= 0.6 is 0 Å². The van der Waals surface area contributed by atoms with Crippen molar-refractivity contribution in [1.82, 2.24) is 20.3 Å². The van der Waals surface area contributed by atoms with Crippen LogP contribution in [0.1, 0.15) is 25.0 Å². The van der Waals surface area contributed by atoms with E-state index in [4.69, 9.17) is 5.73 Å². The minimum absolute atomic E-state index is 0.175. The lowest BCUT2D eigenvalue weighted by Gasteiger charge is -2.30. The molecule has 1 aliphatic heterocycles. The van der Waals surface area contributed by atoms with Gasteiger partial charge in [0.05, 0.1) is 18.1 Å². The second-order valence-corrected chi connectivity index (χ2v) is 8.67. The lowest BCUT2D eigenvalue weighted by molar-refractivity contribution is 0.588. The zero-order valence-corrected chi connectivity index (χ0v) is 20.1. The Morgan fingerprint density at radius 3 is 2.62 bits per heavy atom. The molecule has 8 nitrogen and oxygen atoms in total. The number of hydrogen-bond donors (Lipinski definition) is 3. The Morgan fingerprint density at radius 1 is 1.18 bits per heavy atom. The summed E-state index contributed by atoms with van der Waals surface area (Å²) in [6, 6.07) is 7.30. The molecule has 0 unspecified atom stereocenters. The maximum Gasteiger partial charge on any atom is 0.229 e. The van der Waals surface area contributed by atoms with Crippen molar-refractivity contribution >= 4 is 28.9 Å². The predicted octanol–water partition coefficient (Wildman–Crippen LogP) is 3.80. The standard InChI is InChI=1S/C25H31FN8/c1-15(2)23(28-4)18-12-17(5-6-20(18)27)24-19(26)13-31-25(33-24)32-22-11-16(3)21(14-30-22)34-9-7-29-8-10-34/h5-6,11-15,29H,7-10,27H2,1-4H3,(H,30,31,32,33). The number of nitrogens with zero attached hydrogens (tertiary/aromatic N) is 5. The number of aryl methyl sites for hydroxylation is 1. The molecule has 1 fully saturated rings. The summed E-state index contributed by atoms with van der Waals surface area (Å²) in [5.74, 6) is 0.532. The lowest BCUT2D eigenvalue weighted by atomic mass is 9.95. The van der Waals surface area contributed by atoms with E-state index in [0.717, 1.165) is 48.7 Å². The molecule has 0 saturated carbocycles. The van der Waals surface area contributed by atoms with Crippen LogP contribution in [0.25, 0.3) is 11.3 Å². The van der Waals surface area contributed by atoms with Crippen molar-refractivity contribution in [3.8, 4) is 11.3 Å². The fourth-order valence-corrected chi connectivity index (χ4v) is 4.21. The van der Waals surface area contributed by atoms with E-state index in [0.29, 0.717) is 17.1 Å². The van der Waals surface area contributed by atoms with Crippen molar-refractivity contribution in [2.45, 2.75) is 20.8 Å².